The summed E-state index contributed by atoms with van der Waals surface area (Å²) >= 11 is 0. The van der Waals surface area contributed by atoms with E-state index in [0.29, 0.717) is 5.69 Å². The zero-order valence-corrected chi connectivity index (χ0v) is 11.8. The van der Waals surface area contributed by atoms with E-state index in [1.807, 2.05) is 30.3 Å². The summed E-state index contributed by atoms with van der Waals surface area (Å²) in [6.07, 6.45) is 1.84. The molecule has 0 spiro atoms. The van der Waals surface area contributed by atoms with Crippen LogP contribution in [0.3, 0.4) is 0 Å². The van der Waals surface area contributed by atoms with Crippen LogP contribution >= 0.6 is 0 Å². The van der Waals surface area contributed by atoms with Crippen molar-refractivity contribution in [2.75, 3.05) is 7.11 Å². The number of pyridine rings is 1. The highest BCUT2D eigenvalue weighted by Gasteiger charge is 2.16. The number of rotatable bonds is 4. The molecule has 0 radical (unpaired) electrons. The molecule has 0 aliphatic rings. The van der Waals surface area contributed by atoms with E-state index in [2.05, 4.69) is 9.72 Å². The van der Waals surface area contributed by atoms with Crippen LogP contribution in [0.25, 0.3) is 17.0 Å². The normalized spacial score (nSPS) is 12.3. The van der Waals surface area contributed by atoms with Gasteiger partial charge in [-0.2, -0.15) is 0 Å². The summed E-state index contributed by atoms with van der Waals surface area (Å²) in [5.41, 5.74) is 1.48. The third kappa shape index (κ3) is 3.89. The lowest BCUT2D eigenvalue weighted by Gasteiger charge is -2.08. The molecule has 2 rings (SSSR count). The number of esters is 2. The lowest BCUT2D eigenvalue weighted by atomic mass is 10.2. The highest BCUT2D eigenvalue weighted by molar-refractivity contribution is 5.89. The first-order chi connectivity index (χ1) is 10.1. The smallest absolute Gasteiger partial charge is 0.346 e. The van der Waals surface area contributed by atoms with Gasteiger partial charge < -0.3 is 9.47 Å². The highest BCUT2D eigenvalue weighted by Crippen LogP contribution is 2.12. The summed E-state index contributed by atoms with van der Waals surface area (Å²) in [7, 11) is 1.24. The number of methoxy groups -OCH3 is 1. The van der Waals surface area contributed by atoms with E-state index in [0.717, 1.165) is 10.9 Å². The van der Waals surface area contributed by atoms with Gasteiger partial charge in [-0.3, -0.25) is 0 Å². The van der Waals surface area contributed by atoms with E-state index < -0.39 is 18.0 Å². The van der Waals surface area contributed by atoms with Crippen molar-refractivity contribution < 1.29 is 19.1 Å². The number of hydrogen-bond donors (Lipinski definition) is 0. The second-order valence-corrected chi connectivity index (χ2v) is 4.36. The van der Waals surface area contributed by atoms with Crippen LogP contribution in [0.5, 0.6) is 0 Å². The van der Waals surface area contributed by atoms with E-state index in [1.54, 1.807) is 12.1 Å². The van der Waals surface area contributed by atoms with Crippen molar-refractivity contribution in [3.63, 3.8) is 0 Å². The summed E-state index contributed by atoms with van der Waals surface area (Å²) in [5.74, 6) is -1.22. The fourth-order valence-electron chi connectivity index (χ4n) is 1.76. The summed E-state index contributed by atoms with van der Waals surface area (Å²) < 4.78 is 9.36. The van der Waals surface area contributed by atoms with Gasteiger partial charge in [0.15, 0.2) is 6.10 Å². The molecule has 0 fully saturated rings. The second-order valence-electron chi connectivity index (χ2n) is 4.36. The Morgan fingerprint density at radius 2 is 1.95 bits per heavy atom. The number of aromatic nitrogens is 1. The molecular weight excluding hydrogens is 270 g/mol. The molecule has 0 unspecified atom stereocenters. The highest BCUT2D eigenvalue weighted by atomic mass is 16.6. The zero-order chi connectivity index (χ0) is 15.2. The van der Waals surface area contributed by atoms with Crippen molar-refractivity contribution in [2.45, 2.75) is 13.0 Å². The Bertz CT molecular complexity index is 693. The Balaban J connectivity index is 2.05. The van der Waals surface area contributed by atoms with Crippen LogP contribution in [-0.2, 0) is 19.1 Å². The quantitative estimate of drug-likeness (QED) is 0.637. The largest absolute Gasteiger partial charge is 0.466 e. The molecule has 0 bridgehead atoms. The average molecular weight is 285 g/mol. The molecule has 0 N–H and O–H groups in total. The number of fused-ring (bicyclic) bond motifs is 1. The third-order valence-electron chi connectivity index (χ3n) is 2.84. The molecule has 1 heterocycles. The van der Waals surface area contributed by atoms with Crippen LogP contribution in [0.1, 0.15) is 12.6 Å². The van der Waals surface area contributed by atoms with Gasteiger partial charge in [-0.15, -0.1) is 0 Å². The number of carbonyl (C=O) groups excluding carboxylic acids is 2. The Labute approximate surface area is 122 Å². The van der Waals surface area contributed by atoms with Crippen molar-refractivity contribution in [3.8, 4) is 0 Å². The Morgan fingerprint density at radius 1 is 1.19 bits per heavy atom. The Morgan fingerprint density at radius 3 is 2.71 bits per heavy atom. The van der Waals surface area contributed by atoms with E-state index >= 15 is 0 Å². The Hall–Kier alpha value is -2.69. The van der Waals surface area contributed by atoms with E-state index in [1.165, 1.54) is 20.1 Å². The monoisotopic (exact) mass is 285 g/mol. The van der Waals surface area contributed by atoms with Crippen LogP contribution < -0.4 is 0 Å². The van der Waals surface area contributed by atoms with Gasteiger partial charge in [0.25, 0.3) is 0 Å². The van der Waals surface area contributed by atoms with Gasteiger partial charge in [-0.1, -0.05) is 24.3 Å². The molecule has 1 aromatic carbocycles. The van der Waals surface area contributed by atoms with Crippen LogP contribution in [0.2, 0.25) is 0 Å². The van der Waals surface area contributed by atoms with Crippen molar-refractivity contribution in [3.05, 3.63) is 48.2 Å². The van der Waals surface area contributed by atoms with Crippen molar-refractivity contribution in [1.29, 1.82) is 0 Å². The summed E-state index contributed by atoms with van der Waals surface area (Å²) in [6, 6.07) is 11.4. The fraction of sp³-hybridized carbons (Fsp3) is 0.188. The number of benzene rings is 1. The van der Waals surface area contributed by atoms with Crippen molar-refractivity contribution in [2.24, 2.45) is 0 Å². The van der Waals surface area contributed by atoms with Crippen LogP contribution in [-0.4, -0.2) is 30.1 Å². The maximum Gasteiger partial charge on any atom is 0.346 e. The summed E-state index contributed by atoms with van der Waals surface area (Å²) in [5, 5.41) is 1.02. The fourth-order valence-corrected chi connectivity index (χ4v) is 1.76. The molecule has 0 saturated carbocycles. The van der Waals surface area contributed by atoms with Crippen LogP contribution in [0.15, 0.2) is 42.5 Å². The van der Waals surface area contributed by atoms with Gasteiger partial charge >= 0.3 is 11.9 Å². The first kappa shape index (κ1) is 14.7. The number of carbonyl (C=O) groups is 2. The van der Waals surface area contributed by atoms with Crippen molar-refractivity contribution in [1.82, 2.24) is 4.98 Å². The first-order valence-electron chi connectivity index (χ1n) is 6.42. The van der Waals surface area contributed by atoms with E-state index in [-0.39, 0.29) is 0 Å². The molecule has 2 aromatic rings. The molecule has 0 aliphatic carbocycles. The predicted molar refractivity (Wildman–Crippen MR) is 78.3 cm³/mol. The molecule has 1 aromatic heterocycles. The van der Waals surface area contributed by atoms with Gasteiger partial charge in [-0.25, -0.2) is 14.6 Å². The molecule has 5 heteroatoms. The maximum atomic E-state index is 11.6. The van der Waals surface area contributed by atoms with E-state index in [9.17, 15) is 9.59 Å². The molecular formula is C16H15NO4. The first-order valence-corrected chi connectivity index (χ1v) is 6.42. The molecule has 21 heavy (non-hydrogen) atoms. The standard InChI is InChI=1S/C16H15NO4/c1-11(16(19)20-2)21-15(18)10-9-13-8-7-12-5-3-4-6-14(12)17-13/h3-11H,1-2H3/b10-9+/t11-/m0/s1. The van der Waals surface area contributed by atoms with E-state index in [4.69, 9.17) is 4.74 Å². The average Bonchev–Trinajstić information content (AvgIpc) is 2.51. The zero-order valence-electron chi connectivity index (χ0n) is 11.8. The molecule has 0 aliphatic heterocycles. The van der Waals surface area contributed by atoms with Crippen LogP contribution in [0, 0.1) is 0 Å². The minimum Gasteiger partial charge on any atom is -0.466 e. The maximum absolute atomic E-state index is 11.6. The summed E-state index contributed by atoms with van der Waals surface area (Å²) in [6.45, 7) is 1.45. The number of para-hydroxylation sites is 1. The third-order valence-corrected chi connectivity index (χ3v) is 2.84. The Kier molecular flexibility index (Phi) is 4.66. The molecule has 5 nitrogen and oxygen atoms in total. The minimum atomic E-state index is -0.934. The number of ether oxygens (including phenoxy) is 2. The molecule has 0 saturated heterocycles. The van der Waals surface area contributed by atoms with Gasteiger partial charge in [0, 0.05) is 11.5 Å². The second kappa shape index (κ2) is 6.65. The molecule has 1 atom stereocenters. The number of nitrogens with zero attached hydrogens (tertiary/aromatic N) is 1. The lowest BCUT2D eigenvalue weighted by molar-refractivity contribution is -0.161. The topological polar surface area (TPSA) is 65.5 Å². The minimum absolute atomic E-state index is 0.597. The van der Waals surface area contributed by atoms with Gasteiger partial charge in [0.2, 0.25) is 0 Å². The molecule has 108 valence electrons. The van der Waals surface area contributed by atoms with Gasteiger partial charge in [-0.05, 0) is 25.1 Å². The van der Waals surface area contributed by atoms with Gasteiger partial charge in [0.1, 0.15) is 0 Å². The lowest BCUT2D eigenvalue weighted by Crippen LogP contribution is -2.24. The molecule has 0 amide bonds. The predicted octanol–water partition coefficient (Wildman–Crippen LogP) is 2.35. The number of hydrogen-bond acceptors (Lipinski definition) is 5. The van der Waals surface area contributed by atoms with Crippen LogP contribution in [0.4, 0.5) is 0 Å². The summed E-state index contributed by atoms with van der Waals surface area (Å²) in [4.78, 5) is 27.1. The van der Waals surface area contributed by atoms with Gasteiger partial charge in [0.05, 0.1) is 18.3 Å². The van der Waals surface area contributed by atoms with Crippen molar-refractivity contribution >= 4 is 28.9 Å². The SMILES string of the molecule is COC(=O)[C@H](C)OC(=O)/C=C/c1ccc2ccccc2n1.